The lowest BCUT2D eigenvalue weighted by Gasteiger charge is -2.15. The highest BCUT2D eigenvalue weighted by Crippen LogP contribution is 2.36. The molecule has 2 aliphatic rings. The largest absolute Gasteiger partial charge is 0.0622 e. The van der Waals surface area contributed by atoms with Crippen LogP contribution in [0.1, 0.15) is 17.5 Å². The molecule has 5 aromatic rings. The molecule has 0 heterocycles. The van der Waals surface area contributed by atoms with Gasteiger partial charge >= 0.3 is 0 Å². The molecule has 0 aliphatic heterocycles. The van der Waals surface area contributed by atoms with Crippen molar-refractivity contribution in [3.63, 3.8) is 0 Å². The molecule has 0 saturated carbocycles. The Morgan fingerprint density at radius 1 is 0.378 bits per heavy atom. The molecule has 0 atom stereocenters. The van der Waals surface area contributed by atoms with Crippen molar-refractivity contribution in [2.45, 2.75) is 6.42 Å². The standard InChI is InChI=1S/C37H26/c1-2-11-26(12-3-1)29-17-10-18-32(23-29)36-30-15-6-7-16-31(25-30)37(35-20-9-8-19-34(35)36)33-22-21-27-13-4-5-14-28(27)24-33/h1-24H,25H2. The Morgan fingerprint density at radius 2 is 0.946 bits per heavy atom. The fourth-order valence-corrected chi connectivity index (χ4v) is 5.79. The van der Waals surface area contributed by atoms with Crippen LogP contribution in [0.5, 0.6) is 0 Å². The van der Waals surface area contributed by atoms with E-state index in [1.165, 1.54) is 65.8 Å². The van der Waals surface area contributed by atoms with E-state index in [9.17, 15) is 0 Å². The van der Waals surface area contributed by atoms with E-state index in [4.69, 9.17) is 0 Å². The Hall–Kier alpha value is -4.68. The van der Waals surface area contributed by atoms with Crippen molar-refractivity contribution < 1.29 is 0 Å². The maximum Gasteiger partial charge on any atom is -0.00130 e. The lowest BCUT2D eigenvalue weighted by Crippen LogP contribution is -2.29. The predicted octanol–water partition coefficient (Wildman–Crippen LogP) is 7.73. The summed E-state index contributed by atoms with van der Waals surface area (Å²) < 4.78 is 0. The van der Waals surface area contributed by atoms with Gasteiger partial charge in [-0.2, -0.15) is 0 Å². The van der Waals surface area contributed by atoms with Crippen molar-refractivity contribution in [2.24, 2.45) is 0 Å². The second-order valence-electron chi connectivity index (χ2n) is 9.75. The molecule has 0 saturated heterocycles. The SMILES string of the molecule is C1=CC=C2CC(=C1)C(c1cccc(-c3ccccc3)c1)=c1ccccc1=C2c1ccc2ccccc2c1. The first-order valence-electron chi connectivity index (χ1n) is 12.9. The summed E-state index contributed by atoms with van der Waals surface area (Å²) in [5.41, 5.74) is 10.4. The zero-order valence-corrected chi connectivity index (χ0v) is 20.6. The molecule has 0 radical (unpaired) electrons. The third-order valence-electron chi connectivity index (χ3n) is 7.49. The van der Waals surface area contributed by atoms with Crippen LogP contribution in [-0.2, 0) is 0 Å². The first-order valence-corrected chi connectivity index (χ1v) is 12.9. The summed E-state index contributed by atoms with van der Waals surface area (Å²) >= 11 is 0. The van der Waals surface area contributed by atoms with Crippen LogP contribution >= 0.6 is 0 Å². The molecule has 0 heteroatoms. The van der Waals surface area contributed by atoms with Gasteiger partial charge in [0.15, 0.2) is 0 Å². The van der Waals surface area contributed by atoms with E-state index in [-0.39, 0.29) is 0 Å². The highest BCUT2D eigenvalue weighted by molar-refractivity contribution is 5.92. The summed E-state index contributed by atoms with van der Waals surface area (Å²) in [6, 6.07) is 44.1. The minimum Gasteiger partial charge on any atom is -0.0622 e. The Bertz CT molecular complexity index is 1880. The first kappa shape index (κ1) is 21.6. The monoisotopic (exact) mass is 470 g/mol. The lowest BCUT2D eigenvalue weighted by atomic mass is 9.89. The molecule has 0 N–H and O–H groups in total. The first-order chi connectivity index (χ1) is 18.3. The Kier molecular flexibility index (Phi) is 5.30. The molecule has 0 unspecified atom stereocenters. The van der Waals surface area contributed by atoms with Crippen LogP contribution in [0.15, 0.2) is 157 Å². The molecule has 5 aromatic carbocycles. The maximum absolute atomic E-state index is 2.35. The van der Waals surface area contributed by atoms with Gasteiger partial charge in [-0.3, -0.25) is 0 Å². The summed E-state index contributed by atoms with van der Waals surface area (Å²) in [6.45, 7) is 0. The van der Waals surface area contributed by atoms with Gasteiger partial charge in [0.2, 0.25) is 0 Å². The van der Waals surface area contributed by atoms with Gasteiger partial charge in [-0.25, -0.2) is 0 Å². The van der Waals surface area contributed by atoms with Crippen molar-refractivity contribution in [1.29, 1.82) is 0 Å². The van der Waals surface area contributed by atoms with Gasteiger partial charge in [0.1, 0.15) is 0 Å². The molecule has 0 amide bonds. The Balaban J connectivity index is 1.57. The number of allylic oxidation sites excluding steroid dienone is 6. The highest BCUT2D eigenvalue weighted by Gasteiger charge is 2.21. The van der Waals surface area contributed by atoms with Crippen LogP contribution in [0.2, 0.25) is 0 Å². The third kappa shape index (κ3) is 3.88. The zero-order valence-electron chi connectivity index (χ0n) is 20.6. The van der Waals surface area contributed by atoms with Gasteiger partial charge in [0, 0.05) is 0 Å². The second-order valence-corrected chi connectivity index (χ2v) is 9.75. The number of fused-ring (bicyclic) bond motifs is 4. The summed E-state index contributed by atoms with van der Waals surface area (Å²) in [4.78, 5) is 0. The van der Waals surface area contributed by atoms with Gasteiger partial charge in [0.05, 0.1) is 0 Å². The normalized spacial score (nSPS) is 14.5. The summed E-state index contributed by atoms with van der Waals surface area (Å²) in [6.07, 6.45) is 9.88. The summed E-state index contributed by atoms with van der Waals surface area (Å²) in [5.74, 6) is 0. The van der Waals surface area contributed by atoms with E-state index in [1.54, 1.807) is 0 Å². The van der Waals surface area contributed by atoms with Crippen molar-refractivity contribution in [2.75, 3.05) is 0 Å². The van der Waals surface area contributed by atoms with Crippen molar-refractivity contribution >= 4 is 21.9 Å². The number of hydrogen-bond donors (Lipinski definition) is 0. The Morgan fingerprint density at radius 3 is 1.68 bits per heavy atom. The van der Waals surface area contributed by atoms with Gasteiger partial charge in [-0.15, -0.1) is 0 Å². The fourth-order valence-electron chi connectivity index (χ4n) is 5.79. The average molecular weight is 471 g/mol. The quantitative estimate of drug-likeness (QED) is 0.253. The van der Waals surface area contributed by atoms with Crippen LogP contribution in [0.25, 0.3) is 33.0 Å². The minimum absolute atomic E-state index is 0.898. The number of rotatable bonds is 3. The van der Waals surface area contributed by atoms with Gasteiger partial charge in [-0.05, 0) is 84.3 Å². The molecule has 2 bridgehead atoms. The zero-order chi connectivity index (χ0) is 24.6. The molecule has 0 nitrogen and oxygen atoms in total. The molecule has 0 fully saturated rings. The van der Waals surface area contributed by atoms with Crippen LogP contribution in [0.4, 0.5) is 0 Å². The lowest BCUT2D eigenvalue weighted by molar-refractivity contribution is 1.23. The Labute approximate surface area is 217 Å². The van der Waals surface area contributed by atoms with E-state index < -0.39 is 0 Å². The summed E-state index contributed by atoms with van der Waals surface area (Å²) in [5, 5.41) is 5.13. The van der Waals surface area contributed by atoms with Gasteiger partial charge in [-0.1, -0.05) is 133 Å². The van der Waals surface area contributed by atoms with Crippen LogP contribution < -0.4 is 10.4 Å². The highest BCUT2D eigenvalue weighted by atomic mass is 14.2. The molecule has 7 rings (SSSR count). The third-order valence-corrected chi connectivity index (χ3v) is 7.49. The molecular formula is C37H26. The molecule has 0 spiro atoms. The second kappa shape index (κ2) is 9.08. The minimum atomic E-state index is 0.898. The fraction of sp³-hybridized carbons (Fsp3) is 0.0270. The molecule has 174 valence electrons. The van der Waals surface area contributed by atoms with E-state index in [0.717, 1.165) is 6.42 Å². The van der Waals surface area contributed by atoms with Crippen LogP contribution in [-0.4, -0.2) is 0 Å². The summed E-state index contributed by atoms with van der Waals surface area (Å²) in [7, 11) is 0. The van der Waals surface area contributed by atoms with E-state index >= 15 is 0 Å². The average Bonchev–Trinajstić information content (AvgIpc) is 3.28. The smallest absolute Gasteiger partial charge is 0.00130 e. The van der Waals surface area contributed by atoms with Crippen LogP contribution in [0, 0.1) is 0 Å². The number of benzene rings is 5. The van der Waals surface area contributed by atoms with Crippen molar-refractivity contribution in [3.8, 4) is 11.1 Å². The van der Waals surface area contributed by atoms with Crippen LogP contribution in [0.3, 0.4) is 0 Å². The van der Waals surface area contributed by atoms with E-state index in [1.807, 2.05) is 0 Å². The topological polar surface area (TPSA) is 0 Å². The molecule has 37 heavy (non-hydrogen) atoms. The predicted molar refractivity (Wildman–Crippen MR) is 156 cm³/mol. The van der Waals surface area contributed by atoms with E-state index in [0.29, 0.717) is 0 Å². The van der Waals surface area contributed by atoms with Crippen molar-refractivity contribution in [1.82, 2.24) is 0 Å². The maximum atomic E-state index is 2.35. The molecular weight excluding hydrogens is 444 g/mol. The number of hydrogen-bond acceptors (Lipinski definition) is 0. The molecule has 2 aliphatic carbocycles. The molecule has 0 aromatic heterocycles. The van der Waals surface area contributed by atoms with E-state index in [2.05, 4.69) is 146 Å². The van der Waals surface area contributed by atoms with Gasteiger partial charge < -0.3 is 0 Å². The van der Waals surface area contributed by atoms with Gasteiger partial charge in [0.25, 0.3) is 0 Å². The van der Waals surface area contributed by atoms with Crippen molar-refractivity contribution in [3.05, 3.63) is 178 Å².